The van der Waals surface area contributed by atoms with E-state index in [1.54, 1.807) is 19.2 Å². The van der Waals surface area contributed by atoms with Crippen LogP contribution in [0.4, 0.5) is 4.39 Å². The third kappa shape index (κ3) is 5.62. The van der Waals surface area contributed by atoms with Gasteiger partial charge in [-0.15, -0.1) is 34.2 Å². The average molecular weight is 482 g/mol. The molecule has 0 aliphatic heterocycles. The molecule has 0 aliphatic rings. The van der Waals surface area contributed by atoms with Gasteiger partial charge >= 0.3 is 0 Å². The predicted octanol–water partition coefficient (Wildman–Crippen LogP) is 3.13. The Morgan fingerprint density at radius 1 is 1.19 bits per heavy atom. The lowest BCUT2D eigenvalue weighted by Gasteiger charge is -2.22. The molecule has 0 radical (unpaired) electrons. The maximum absolute atomic E-state index is 13.0. The van der Waals surface area contributed by atoms with Crippen molar-refractivity contribution < 1.29 is 4.39 Å². The molecule has 0 aliphatic carbocycles. The molecule has 27 heavy (non-hydrogen) atoms. The van der Waals surface area contributed by atoms with Gasteiger partial charge in [0.05, 0.1) is 0 Å². The van der Waals surface area contributed by atoms with Crippen LogP contribution in [0.2, 0.25) is 0 Å². The number of halogens is 2. The second kappa shape index (κ2) is 10.2. The first-order valence-electron chi connectivity index (χ1n) is 8.62. The summed E-state index contributed by atoms with van der Waals surface area (Å²) in [6, 6.07) is 12.4. The van der Waals surface area contributed by atoms with Gasteiger partial charge in [0.2, 0.25) is 0 Å². The third-order valence-corrected chi connectivity index (χ3v) is 4.15. The van der Waals surface area contributed by atoms with Gasteiger partial charge in [-0.2, -0.15) is 0 Å². The number of nitrogens with one attached hydrogen (secondary N) is 1. The highest BCUT2D eigenvalue weighted by molar-refractivity contribution is 14.0. The van der Waals surface area contributed by atoms with E-state index in [0.717, 1.165) is 42.4 Å². The quantitative estimate of drug-likeness (QED) is 0.254. The summed E-state index contributed by atoms with van der Waals surface area (Å²) in [5.41, 5.74) is 1.90. The van der Waals surface area contributed by atoms with Gasteiger partial charge in [0.1, 0.15) is 11.6 Å². The number of guanidine groups is 1. The van der Waals surface area contributed by atoms with Crippen molar-refractivity contribution in [3.05, 3.63) is 65.9 Å². The van der Waals surface area contributed by atoms with Crippen LogP contribution < -0.4 is 5.32 Å². The summed E-state index contributed by atoms with van der Waals surface area (Å²) in [6.07, 6.45) is 3.73. The van der Waals surface area contributed by atoms with Gasteiger partial charge in [0.15, 0.2) is 11.6 Å². The van der Waals surface area contributed by atoms with Crippen molar-refractivity contribution >= 4 is 35.6 Å². The number of hydrogen-bond acceptors (Lipinski definition) is 3. The van der Waals surface area contributed by atoms with Crippen LogP contribution in [0.3, 0.4) is 0 Å². The molecule has 0 saturated carbocycles. The van der Waals surface area contributed by atoms with Crippen LogP contribution in [0.25, 0.3) is 5.65 Å². The molecule has 0 bridgehead atoms. The zero-order valence-electron chi connectivity index (χ0n) is 15.5. The lowest BCUT2D eigenvalue weighted by atomic mass is 10.2. The van der Waals surface area contributed by atoms with E-state index in [4.69, 9.17) is 0 Å². The van der Waals surface area contributed by atoms with Crippen molar-refractivity contribution in [2.75, 3.05) is 20.6 Å². The second-order valence-corrected chi connectivity index (χ2v) is 6.11. The largest absolute Gasteiger partial charge is 0.356 e. The van der Waals surface area contributed by atoms with E-state index in [1.807, 2.05) is 40.7 Å². The molecule has 0 saturated heterocycles. The Labute approximate surface area is 175 Å². The van der Waals surface area contributed by atoms with Crippen molar-refractivity contribution in [3.63, 3.8) is 0 Å². The fraction of sp³-hybridized carbons (Fsp3) is 0.316. The molecule has 3 rings (SSSR count). The van der Waals surface area contributed by atoms with Gasteiger partial charge in [-0.05, 0) is 36.2 Å². The maximum atomic E-state index is 13.0. The molecule has 0 amide bonds. The van der Waals surface area contributed by atoms with Gasteiger partial charge in [-0.1, -0.05) is 18.2 Å². The van der Waals surface area contributed by atoms with E-state index in [0.29, 0.717) is 6.54 Å². The molecule has 3 aromatic rings. The monoisotopic (exact) mass is 482 g/mol. The summed E-state index contributed by atoms with van der Waals surface area (Å²) in [7, 11) is 3.72. The molecule has 0 fully saturated rings. The van der Waals surface area contributed by atoms with E-state index < -0.39 is 0 Å². The van der Waals surface area contributed by atoms with Crippen molar-refractivity contribution in [2.24, 2.45) is 4.99 Å². The Kier molecular flexibility index (Phi) is 7.96. The van der Waals surface area contributed by atoms with Crippen LogP contribution in [0.15, 0.2) is 53.7 Å². The molecule has 6 nitrogen and oxygen atoms in total. The van der Waals surface area contributed by atoms with E-state index in [9.17, 15) is 4.39 Å². The molecule has 8 heteroatoms. The SMILES string of the molecule is CN=C(NCCCc1nnc2ccccn12)N(C)Cc1ccc(F)cc1.I. The summed E-state index contributed by atoms with van der Waals surface area (Å²) in [6.45, 7) is 1.44. The van der Waals surface area contributed by atoms with Gasteiger partial charge < -0.3 is 10.2 Å². The number of pyridine rings is 1. The summed E-state index contributed by atoms with van der Waals surface area (Å²) < 4.78 is 15.0. The summed E-state index contributed by atoms with van der Waals surface area (Å²) in [5, 5.41) is 11.8. The highest BCUT2D eigenvalue weighted by Gasteiger charge is 2.08. The van der Waals surface area contributed by atoms with Crippen LogP contribution in [-0.2, 0) is 13.0 Å². The molecule has 2 heterocycles. The molecular weight excluding hydrogens is 458 g/mol. The molecule has 144 valence electrons. The highest BCUT2D eigenvalue weighted by Crippen LogP contribution is 2.07. The molecule has 0 unspecified atom stereocenters. The number of aromatic nitrogens is 3. The minimum atomic E-state index is -0.222. The zero-order chi connectivity index (χ0) is 18.4. The maximum Gasteiger partial charge on any atom is 0.193 e. The summed E-state index contributed by atoms with van der Waals surface area (Å²) in [4.78, 5) is 6.32. The second-order valence-electron chi connectivity index (χ2n) is 6.11. The van der Waals surface area contributed by atoms with Crippen molar-refractivity contribution in [3.8, 4) is 0 Å². The van der Waals surface area contributed by atoms with Crippen LogP contribution in [0.5, 0.6) is 0 Å². The van der Waals surface area contributed by atoms with Crippen LogP contribution in [0, 0.1) is 5.82 Å². The first kappa shape index (κ1) is 21.1. The van der Waals surface area contributed by atoms with Crippen LogP contribution >= 0.6 is 24.0 Å². The molecule has 2 aromatic heterocycles. The minimum absolute atomic E-state index is 0. The van der Waals surface area contributed by atoms with Gasteiger partial charge in [0, 0.05) is 39.8 Å². The van der Waals surface area contributed by atoms with E-state index >= 15 is 0 Å². The van der Waals surface area contributed by atoms with E-state index in [-0.39, 0.29) is 29.8 Å². The normalized spacial score (nSPS) is 11.3. The Hall–Kier alpha value is -2.23. The predicted molar refractivity (Wildman–Crippen MR) is 116 cm³/mol. The lowest BCUT2D eigenvalue weighted by Crippen LogP contribution is -2.39. The average Bonchev–Trinajstić information content (AvgIpc) is 3.07. The fourth-order valence-corrected chi connectivity index (χ4v) is 2.83. The first-order valence-corrected chi connectivity index (χ1v) is 8.62. The third-order valence-electron chi connectivity index (χ3n) is 4.15. The topological polar surface area (TPSA) is 57.8 Å². The number of rotatable bonds is 6. The number of benzene rings is 1. The van der Waals surface area contributed by atoms with Gasteiger partial charge in [0.25, 0.3) is 0 Å². The summed E-state index contributed by atoms with van der Waals surface area (Å²) in [5.74, 6) is 1.54. The Morgan fingerprint density at radius 2 is 1.96 bits per heavy atom. The zero-order valence-corrected chi connectivity index (χ0v) is 17.8. The molecular formula is C19H24FIN6. The number of fused-ring (bicyclic) bond motifs is 1. The van der Waals surface area contributed by atoms with Crippen molar-refractivity contribution in [2.45, 2.75) is 19.4 Å². The van der Waals surface area contributed by atoms with E-state index in [2.05, 4.69) is 20.5 Å². The molecule has 1 N–H and O–H groups in total. The Balaban J connectivity index is 0.00000261. The summed E-state index contributed by atoms with van der Waals surface area (Å²) >= 11 is 0. The van der Waals surface area contributed by atoms with Crippen LogP contribution in [0.1, 0.15) is 17.8 Å². The van der Waals surface area contributed by atoms with E-state index in [1.165, 1.54) is 12.1 Å². The van der Waals surface area contributed by atoms with Crippen molar-refractivity contribution in [1.29, 1.82) is 0 Å². The first-order chi connectivity index (χ1) is 12.7. The van der Waals surface area contributed by atoms with Crippen LogP contribution in [-0.4, -0.2) is 46.1 Å². The lowest BCUT2D eigenvalue weighted by molar-refractivity contribution is 0.475. The molecule has 0 spiro atoms. The van der Waals surface area contributed by atoms with Crippen molar-refractivity contribution in [1.82, 2.24) is 24.8 Å². The number of nitrogens with zero attached hydrogens (tertiary/aromatic N) is 5. The Bertz CT molecular complexity index is 877. The number of aliphatic imine (C=N–C) groups is 1. The highest BCUT2D eigenvalue weighted by atomic mass is 127. The molecule has 1 aromatic carbocycles. The number of aryl methyl sites for hydroxylation is 1. The minimum Gasteiger partial charge on any atom is -0.356 e. The fourth-order valence-electron chi connectivity index (χ4n) is 2.83. The smallest absolute Gasteiger partial charge is 0.193 e. The van der Waals surface area contributed by atoms with Gasteiger partial charge in [-0.25, -0.2) is 4.39 Å². The standard InChI is InChI=1S/C19H23FN6.HI/c1-21-19(25(2)14-15-8-10-16(20)11-9-15)22-12-5-7-18-24-23-17-6-3-4-13-26(17)18;/h3-4,6,8-11,13H,5,7,12,14H2,1-2H3,(H,21,22);1H. The molecule has 0 atom stereocenters. The Morgan fingerprint density at radius 3 is 2.70 bits per heavy atom. The van der Waals surface area contributed by atoms with Gasteiger partial charge in [-0.3, -0.25) is 9.39 Å². The number of hydrogen-bond donors (Lipinski definition) is 1.